The molecule has 1 fully saturated rings. The molecular formula is C11H12ClN3O2. The van der Waals surface area contributed by atoms with Gasteiger partial charge in [0.15, 0.2) is 0 Å². The van der Waals surface area contributed by atoms with Gasteiger partial charge in [-0.05, 0) is 31.5 Å². The summed E-state index contributed by atoms with van der Waals surface area (Å²) in [6.45, 7) is 3.55. The molecule has 2 heterocycles. The highest BCUT2D eigenvalue weighted by Crippen LogP contribution is 2.19. The van der Waals surface area contributed by atoms with Crippen molar-refractivity contribution in [3.8, 4) is 0 Å². The fraction of sp³-hybridized carbons (Fsp3) is 0.364. The van der Waals surface area contributed by atoms with Gasteiger partial charge in [0.05, 0.1) is 6.54 Å². The molecule has 0 unspecified atom stereocenters. The summed E-state index contributed by atoms with van der Waals surface area (Å²) < 4.78 is 0. The highest BCUT2D eigenvalue weighted by atomic mass is 35.5. The second kappa shape index (κ2) is 4.00. The van der Waals surface area contributed by atoms with E-state index in [0.29, 0.717) is 5.15 Å². The van der Waals surface area contributed by atoms with Crippen molar-refractivity contribution in [2.45, 2.75) is 25.9 Å². The summed E-state index contributed by atoms with van der Waals surface area (Å²) in [6.07, 6.45) is 1.54. The van der Waals surface area contributed by atoms with E-state index >= 15 is 0 Å². The third-order valence-electron chi connectivity index (χ3n) is 2.58. The van der Waals surface area contributed by atoms with E-state index in [-0.39, 0.29) is 18.5 Å². The average Bonchev–Trinajstić information content (AvgIpc) is 2.41. The summed E-state index contributed by atoms with van der Waals surface area (Å²) in [5, 5.41) is 2.96. The van der Waals surface area contributed by atoms with Gasteiger partial charge in [-0.15, -0.1) is 0 Å². The van der Waals surface area contributed by atoms with E-state index in [2.05, 4.69) is 10.3 Å². The maximum absolute atomic E-state index is 11.9. The smallest absolute Gasteiger partial charge is 0.324 e. The zero-order valence-corrected chi connectivity index (χ0v) is 10.3. The van der Waals surface area contributed by atoms with Gasteiger partial charge in [-0.25, -0.2) is 9.78 Å². The van der Waals surface area contributed by atoms with Gasteiger partial charge in [0.1, 0.15) is 10.7 Å². The van der Waals surface area contributed by atoms with Crippen LogP contribution in [0.25, 0.3) is 0 Å². The van der Waals surface area contributed by atoms with Crippen LogP contribution >= 0.6 is 11.6 Å². The number of amides is 3. The number of nitrogens with zero attached hydrogens (tertiary/aromatic N) is 2. The predicted molar refractivity (Wildman–Crippen MR) is 62.4 cm³/mol. The maximum atomic E-state index is 11.9. The molecule has 1 aromatic heterocycles. The first kappa shape index (κ1) is 11.9. The zero-order valence-electron chi connectivity index (χ0n) is 9.53. The Bertz CT molecular complexity index is 487. The van der Waals surface area contributed by atoms with Gasteiger partial charge in [-0.1, -0.05) is 11.6 Å². The molecule has 3 amide bonds. The molecule has 0 saturated carbocycles. The summed E-state index contributed by atoms with van der Waals surface area (Å²) in [5.74, 6) is -0.240. The number of hydrogen-bond acceptors (Lipinski definition) is 3. The number of carbonyl (C=O) groups excluding carboxylic acids is 2. The molecule has 0 spiro atoms. The van der Waals surface area contributed by atoms with Gasteiger partial charge >= 0.3 is 6.03 Å². The number of pyridine rings is 1. The minimum Gasteiger partial charge on any atom is -0.324 e. The Hall–Kier alpha value is -1.62. The van der Waals surface area contributed by atoms with Crippen LogP contribution in [0.4, 0.5) is 4.79 Å². The number of halogens is 1. The fourth-order valence-electron chi connectivity index (χ4n) is 1.69. The first-order chi connectivity index (χ1) is 7.90. The third kappa shape index (κ3) is 2.24. The number of carbonyl (C=O) groups is 2. The minimum atomic E-state index is -0.839. The van der Waals surface area contributed by atoms with Crippen LogP contribution in [0.15, 0.2) is 18.3 Å². The van der Waals surface area contributed by atoms with Crippen LogP contribution in [0.1, 0.15) is 19.4 Å². The maximum Gasteiger partial charge on any atom is 0.325 e. The zero-order chi connectivity index (χ0) is 12.6. The van der Waals surface area contributed by atoms with Crippen LogP contribution in [0.2, 0.25) is 5.15 Å². The predicted octanol–water partition coefficient (Wildman–Crippen LogP) is 1.57. The Balaban J connectivity index is 2.20. The molecule has 0 aromatic carbocycles. The molecule has 5 nitrogen and oxygen atoms in total. The van der Waals surface area contributed by atoms with E-state index < -0.39 is 5.54 Å². The van der Waals surface area contributed by atoms with Crippen molar-refractivity contribution in [3.05, 3.63) is 29.0 Å². The molecule has 1 aliphatic rings. The lowest BCUT2D eigenvalue weighted by molar-refractivity contribution is -0.130. The summed E-state index contributed by atoms with van der Waals surface area (Å²) in [5.41, 5.74) is -0.0697. The van der Waals surface area contributed by atoms with Gasteiger partial charge in [0.25, 0.3) is 5.91 Å². The molecular weight excluding hydrogens is 242 g/mol. The highest BCUT2D eigenvalue weighted by molar-refractivity contribution is 6.29. The van der Waals surface area contributed by atoms with E-state index in [4.69, 9.17) is 11.6 Å². The first-order valence-corrected chi connectivity index (χ1v) is 5.52. The average molecular weight is 254 g/mol. The minimum absolute atomic E-state index is 0.205. The lowest BCUT2D eigenvalue weighted by Crippen LogP contribution is -2.40. The summed E-state index contributed by atoms with van der Waals surface area (Å²) in [6, 6.07) is 2.97. The number of nitrogens with one attached hydrogen (secondary N) is 1. The standard InChI is InChI=1S/C11H12ClN3O2/c1-11(2)9(16)15(10(17)14-11)6-7-3-4-13-8(12)5-7/h3-5H,6H2,1-2H3,(H,14,17). The van der Waals surface area contributed by atoms with E-state index in [0.717, 1.165) is 5.56 Å². The molecule has 0 bridgehead atoms. The topological polar surface area (TPSA) is 62.3 Å². The molecule has 6 heteroatoms. The molecule has 0 radical (unpaired) electrons. The fourth-order valence-corrected chi connectivity index (χ4v) is 1.88. The Morgan fingerprint density at radius 2 is 2.18 bits per heavy atom. The summed E-state index contributed by atoms with van der Waals surface area (Å²) in [7, 11) is 0. The van der Waals surface area contributed by atoms with Crippen molar-refractivity contribution in [3.63, 3.8) is 0 Å². The molecule has 90 valence electrons. The second-order valence-corrected chi connectivity index (χ2v) is 4.82. The van der Waals surface area contributed by atoms with Crippen LogP contribution < -0.4 is 5.32 Å². The summed E-state index contributed by atoms with van der Waals surface area (Å²) >= 11 is 5.74. The van der Waals surface area contributed by atoms with Crippen molar-refractivity contribution in [1.82, 2.24) is 15.2 Å². The second-order valence-electron chi connectivity index (χ2n) is 4.43. The van der Waals surface area contributed by atoms with Crippen LogP contribution in [-0.2, 0) is 11.3 Å². The van der Waals surface area contributed by atoms with Gasteiger partial charge in [0.2, 0.25) is 0 Å². The summed E-state index contributed by atoms with van der Waals surface area (Å²) in [4.78, 5) is 28.6. The van der Waals surface area contributed by atoms with Crippen LogP contribution in [0.5, 0.6) is 0 Å². The molecule has 1 N–H and O–H groups in total. The van der Waals surface area contributed by atoms with Gasteiger partial charge in [0, 0.05) is 6.20 Å². The lowest BCUT2D eigenvalue weighted by Gasteiger charge is -2.15. The Morgan fingerprint density at radius 1 is 1.47 bits per heavy atom. The molecule has 1 aromatic rings. The number of imide groups is 1. The number of aromatic nitrogens is 1. The Morgan fingerprint density at radius 3 is 2.71 bits per heavy atom. The molecule has 17 heavy (non-hydrogen) atoms. The first-order valence-electron chi connectivity index (χ1n) is 5.15. The van der Waals surface area contributed by atoms with Crippen molar-refractivity contribution < 1.29 is 9.59 Å². The highest BCUT2D eigenvalue weighted by Gasteiger charge is 2.43. The quantitative estimate of drug-likeness (QED) is 0.643. The van der Waals surface area contributed by atoms with E-state index in [9.17, 15) is 9.59 Å². The number of hydrogen-bond donors (Lipinski definition) is 1. The van der Waals surface area contributed by atoms with Gasteiger partial charge in [-0.3, -0.25) is 9.69 Å². The van der Waals surface area contributed by atoms with Crippen LogP contribution in [0, 0.1) is 0 Å². The number of urea groups is 1. The molecule has 1 aliphatic heterocycles. The van der Waals surface area contributed by atoms with Gasteiger partial charge in [-0.2, -0.15) is 0 Å². The van der Waals surface area contributed by atoms with Crippen LogP contribution in [-0.4, -0.2) is 27.4 Å². The van der Waals surface area contributed by atoms with Crippen LogP contribution in [0.3, 0.4) is 0 Å². The molecule has 1 saturated heterocycles. The lowest BCUT2D eigenvalue weighted by atomic mass is 10.1. The molecule has 2 rings (SSSR count). The van der Waals surface area contributed by atoms with Crippen molar-refractivity contribution in [1.29, 1.82) is 0 Å². The molecule has 0 atom stereocenters. The third-order valence-corrected chi connectivity index (χ3v) is 2.78. The van der Waals surface area contributed by atoms with E-state index in [1.54, 1.807) is 32.2 Å². The monoisotopic (exact) mass is 253 g/mol. The Labute approximate surface area is 104 Å². The normalized spacial score (nSPS) is 18.4. The number of rotatable bonds is 2. The van der Waals surface area contributed by atoms with Crippen molar-refractivity contribution in [2.75, 3.05) is 0 Å². The van der Waals surface area contributed by atoms with E-state index in [1.807, 2.05) is 0 Å². The molecule has 0 aliphatic carbocycles. The largest absolute Gasteiger partial charge is 0.325 e. The van der Waals surface area contributed by atoms with Crippen molar-refractivity contribution in [2.24, 2.45) is 0 Å². The SMILES string of the molecule is CC1(C)NC(=O)N(Cc2ccnc(Cl)c2)C1=O. The Kier molecular flexibility index (Phi) is 2.79. The van der Waals surface area contributed by atoms with Crippen molar-refractivity contribution >= 4 is 23.5 Å². The van der Waals surface area contributed by atoms with E-state index in [1.165, 1.54) is 4.90 Å². The van der Waals surface area contributed by atoms with Gasteiger partial charge < -0.3 is 5.32 Å².